The number of hydrogen-bond donors (Lipinski definition) is 2. The lowest BCUT2D eigenvalue weighted by Gasteiger charge is -2.19. The molecule has 0 bridgehead atoms. The number of nitrogens with zero attached hydrogens (tertiary/aromatic N) is 1. The maximum Gasteiger partial charge on any atom is 0.243 e. The molecular weight excluding hydrogens is 369 g/mol. The van der Waals surface area contributed by atoms with Crippen LogP contribution in [-0.4, -0.2) is 38.3 Å². The number of halogens is 1. The van der Waals surface area contributed by atoms with E-state index in [0.29, 0.717) is 24.5 Å². The summed E-state index contributed by atoms with van der Waals surface area (Å²) in [6.45, 7) is 6.12. The highest BCUT2D eigenvalue weighted by Crippen LogP contribution is 2.23. The van der Waals surface area contributed by atoms with E-state index in [0.717, 1.165) is 5.56 Å². The van der Waals surface area contributed by atoms with Gasteiger partial charge in [0, 0.05) is 24.5 Å². The van der Waals surface area contributed by atoms with E-state index >= 15 is 0 Å². The third kappa shape index (κ3) is 5.27. The highest BCUT2D eigenvalue weighted by molar-refractivity contribution is 7.89. The smallest absolute Gasteiger partial charge is 0.243 e. The summed E-state index contributed by atoms with van der Waals surface area (Å²) < 4.78 is 39.6. The van der Waals surface area contributed by atoms with E-state index in [2.05, 4.69) is 10.6 Å². The van der Waals surface area contributed by atoms with E-state index in [1.54, 1.807) is 26.0 Å². The van der Waals surface area contributed by atoms with Gasteiger partial charge in [0.25, 0.3) is 0 Å². The van der Waals surface area contributed by atoms with Gasteiger partial charge in [-0.05, 0) is 48.9 Å². The number of carbonyl (C=O) groups is 1. The summed E-state index contributed by atoms with van der Waals surface area (Å²) in [6, 6.07) is 10.3. The number of anilines is 2. The molecule has 1 amide bonds. The highest BCUT2D eigenvalue weighted by Gasteiger charge is 2.22. The number of amides is 1. The van der Waals surface area contributed by atoms with Gasteiger partial charge in [-0.1, -0.05) is 19.9 Å². The molecule has 2 rings (SSSR count). The maximum atomic E-state index is 12.9. The van der Waals surface area contributed by atoms with E-state index in [-0.39, 0.29) is 23.2 Å². The number of sulfonamides is 1. The molecule has 6 nitrogen and oxygen atoms in total. The fourth-order valence-electron chi connectivity index (χ4n) is 2.58. The lowest BCUT2D eigenvalue weighted by atomic mass is 10.2. The topological polar surface area (TPSA) is 78.5 Å². The van der Waals surface area contributed by atoms with Crippen LogP contribution in [0.25, 0.3) is 0 Å². The molecular formula is C19H24FN3O3S. The summed E-state index contributed by atoms with van der Waals surface area (Å²) >= 11 is 0. The van der Waals surface area contributed by atoms with Crippen LogP contribution in [-0.2, 0) is 14.8 Å². The summed E-state index contributed by atoms with van der Waals surface area (Å²) in [4.78, 5) is 12.2. The van der Waals surface area contributed by atoms with Crippen molar-refractivity contribution in [1.82, 2.24) is 4.31 Å². The Hall–Kier alpha value is -2.45. The quantitative estimate of drug-likeness (QED) is 0.722. The Kier molecular flexibility index (Phi) is 6.92. The first-order chi connectivity index (χ1) is 12.8. The van der Waals surface area contributed by atoms with Gasteiger partial charge in [-0.25, -0.2) is 12.8 Å². The van der Waals surface area contributed by atoms with E-state index in [1.165, 1.54) is 34.6 Å². The van der Waals surface area contributed by atoms with Crippen molar-refractivity contribution in [2.24, 2.45) is 0 Å². The summed E-state index contributed by atoms with van der Waals surface area (Å²) in [5.74, 6) is -0.703. The minimum Gasteiger partial charge on any atom is -0.376 e. The third-order valence-corrected chi connectivity index (χ3v) is 6.17. The molecule has 0 saturated heterocycles. The van der Waals surface area contributed by atoms with Crippen LogP contribution in [0, 0.1) is 12.7 Å². The van der Waals surface area contributed by atoms with Crippen molar-refractivity contribution < 1.29 is 17.6 Å². The van der Waals surface area contributed by atoms with Crippen LogP contribution in [0.2, 0.25) is 0 Å². The monoisotopic (exact) mass is 393 g/mol. The predicted octanol–water partition coefficient (Wildman–Crippen LogP) is 3.22. The molecule has 0 fully saturated rings. The second-order valence-electron chi connectivity index (χ2n) is 5.97. The molecule has 0 heterocycles. The van der Waals surface area contributed by atoms with Gasteiger partial charge < -0.3 is 10.6 Å². The fourth-order valence-corrected chi connectivity index (χ4v) is 4.06. The second-order valence-corrected chi connectivity index (χ2v) is 7.91. The number of benzene rings is 2. The van der Waals surface area contributed by atoms with Gasteiger partial charge in [0.1, 0.15) is 5.82 Å². The molecule has 0 unspecified atom stereocenters. The van der Waals surface area contributed by atoms with E-state index < -0.39 is 10.0 Å². The third-order valence-electron chi connectivity index (χ3n) is 4.12. The molecule has 27 heavy (non-hydrogen) atoms. The van der Waals surface area contributed by atoms with Gasteiger partial charge in [-0.15, -0.1) is 0 Å². The van der Waals surface area contributed by atoms with Gasteiger partial charge in [0.2, 0.25) is 15.9 Å². The normalized spacial score (nSPS) is 11.4. The Labute approximate surface area is 159 Å². The van der Waals surface area contributed by atoms with Crippen molar-refractivity contribution in [3.63, 3.8) is 0 Å². The van der Waals surface area contributed by atoms with Crippen molar-refractivity contribution >= 4 is 27.3 Å². The molecule has 0 spiro atoms. The average molecular weight is 393 g/mol. The molecule has 0 aliphatic heterocycles. The minimum atomic E-state index is -3.57. The first kappa shape index (κ1) is 20.9. The standard InChI is InChI=1S/C19H24FN3O3S/c1-4-23(5-2)27(25,26)17-11-6-14(3)18(12-17)21-13-19(24)22-16-9-7-15(20)8-10-16/h6-12,21H,4-5,13H2,1-3H3,(H,22,24). The Balaban J connectivity index is 2.10. The van der Waals surface area contributed by atoms with Crippen molar-refractivity contribution in [3.05, 3.63) is 53.8 Å². The Morgan fingerprint density at radius 3 is 2.30 bits per heavy atom. The molecule has 0 saturated carbocycles. The van der Waals surface area contributed by atoms with E-state index in [4.69, 9.17) is 0 Å². The van der Waals surface area contributed by atoms with Crippen LogP contribution < -0.4 is 10.6 Å². The average Bonchev–Trinajstić information content (AvgIpc) is 2.63. The van der Waals surface area contributed by atoms with Gasteiger partial charge in [0.15, 0.2) is 0 Å². The Morgan fingerprint density at radius 2 is 1.70 bits per heavy atom. The number of hydrogen-bond acceptors (Lipinski definition) is 4. The van der Waals surface area contributed by atoms with Crippen LogP contribution in [0.3, 0.4) is 0 Å². The SMILES string of the molecule is CCN(CC)S(=O)(=O)c1ccc(C)c(NCC(=O)Nc2ccc(F)cc2)c1. The zero-order valence-corrected chi connectivity index (χ0v) is 16.4. The van der Waals surface area contributed by atoms with Crippen LogP contribution >= 0.6 is 0 Å². The van der Waals surface area contributed by atoms with Gasteiger partial charge in [0.05, 0.1) is 11.4 Å². The van der Waals surface area contributed by atoms with Crippen LogP contribution in [0.15, 0.2) is 47.4 Å². The van der Waals surface area contributed by atoms with Crippen molar-refractivity contribution in [1.29, 1.82) is 0 Å². The van der Waals surface area contributed by atoms with Crippen molar-refractivity contribution in [3.8, 4) is 0 Å². The van der Waals surface area contributed by atoms with Crippen molar-refractivity contribution in [2.75, 3.05) is 30.3 Å². The molecule has 146 valence electrons. The zero-order valence-electron chi connectivity index (χ0n) is 15.6. The summed E-state index contributed by atoms with van der Waals surface area (Å²) in [5, 5.41) is 5.61. The molecule has 0 atom stereocenters. The van der Waals surface area contributed by atoms with Crippen LogP contribution in [0.1, 0.15) is 19.4 Å². The summed E-state index contributed by atoms with van der Waals surface area (Å²) in [5.41, 5.74) is 1.87. The van der Waals surface area contributed by atoms with Gasteiger partial charge in [-0.3, -0.25) is 4.79 Å². The number of nitrogens with one attached hydrogen (secondary N) is 2. The minimum absolute atomic E-state index is 0.0486. The van der Waals surface area contributed by atoms with E-state index in [1.807, 2.05) is 6.92 Å². The van der Waals surface area contributed by atoms with Crippen LogP contribution in [0.5, 0.6) is 0 Å². The predicted molar refractivity (Wildman–Crippen MR) is 105 cm³/mol. The van der Waals surface area contributed by atoms with Gasteiger partial charge >= 0.3 is 0 Å². The first-order valence-corrected chi connectivity index (χ1v) is 10.1. The van der Waals surface area contributed by atoms with E-state index in [9.17, 15) is 17.6 Å². The fraction of sp³-hybridized carbons (Fsp3) is 0.316. The molecule has 0 aromatic heterocycles. The largest absolute Gasteiger partial charge is 0.376 e. The molecule has 0 radical (unpaired) electrons. The highest BCUT2D eigenvalue weighted by atomic mass is 32.2. The maximum absolute atomic E-state index is 12.9. The van der Waals surface area contributed by atoms with Crippen molar-refractivity contribution in [2.45, 2.75) is 25.7 Å². The lowest BCUT2D eigenvalue weighted by Crippen LogP contribution is -2.30. The molecule has 2 aromatic rings. The molecule has 0 aliphatic carbocycles. The number of aryl methyl sites for hydroxylation is 1. The number of carbonyl (C=O) groups excluding carboxylic acids is 1. The zero-order chi connectivity index (χ0) is 20.0. The molecule has 2 N–H and O–H groups in total. The Bertz CT molecular complexity index is 895. The second kappa shape index (κ2) is 8.96. The first-order valence-electron chi connectivity index (χ1n) is 8.68. The van der Waals surface area contributed by atoms with Crippen LogP contribution in [0.4, 0.5) is 15.8 Å². The van der Waals surface area contributed by atoms with Gasteiger partial charge in [-0.2, -0.15) is 4.31 Å². The Morgan fingerprint density at radius 1 is 1.07 bits per heavy atom. The number of rotatable bonds is 8. The summed E-state index contributed by atoms with van der Waals surface area (Å²) in [7, 11) is -3.57. The summed E-state index contributed by atoms with van der Waals surface area (Å²) in [6.07, 6.45) is 0. The lowest BCUT2D eigenvalue weighted by molar-refractivity contribution is -0.114. The molecule has 8 heteroatoms. The molecule has 0 aliphatic rings. The molecule has 2 aromatic carbocycles.